The highest BCUT2D eigenvalue weighted by Crippen LogP contribution is 2.24. The predicted octanol–water partition coefficient (Wildman–Crippen LogP) is 2.12. The third-order valence-corrected chi connectivity index (χ3v) is 2.65. The number of hydrogen-bond acceptors (Lipinski definition) is 2. The lowest BCUT2D eigenvalue weighted by atomic mass is 10.0. The average molecular weight is 233 g/mol. The molecule has 0 saturated carbocycles. The minimum absolute atomic E-state index is 0.0616. The number of nitrogens with two attached hydrogens (primary N) is 1. The van der Waals surface area contributed by atoms with E-state index in [1.54, 1.807) is 16.9 Å². The van der Waals surface area contributed by atoms with Crippen LogP contribution in [0.15, 0.2) is 30.5 Å². The standard InChI is InChI=1S/C13H16FN3/c1-9(15)6-11-8-16-17(2)13(11)10-4-3-5-12(14)7-10/h3-5,7-9H,6,15H2,1-2H3. The number of rotatable bonds is 3. The molecule has 1 unspecified atom stereocenters. The molecule has 1 heterocycles. The lowest BCUT2D eigenvalue weighted by molar-refractivity contribution is 0.628. The molecule has 90 valence electrons. The summed E-state index contributed by atoms with van der Waals surface area (Å²) in [5.74, 6) is -0.240. The zero-order valence-corrected chi connectivity index (χ0v) is 10.0. The fourth-order valence-electron chi connectivity index (χ4n) is 1.99. The van der Waals surface area contributed by atoms with Crippen molar-refractivity contribution in [3.8, 4) is 11.3 Å². The Morgan fingerprint density at radius 2 is 2.24 bits per heavy atom. The van der Waals surface area contributed by atoms with Gasteiger partial charge < -0.3 is 5.73 Å². The topological polar surface area (TPSA) is 43.8 Å². The maximum atomic E-state index is 13.2. The van der Waals surface area contributed by atoms with Gasteiger partial charge in [0.05, 0.1) is 11.9 Å². The molecule has 2 rings (SSSR count). The SMILES string of the molecule is CC(N)Cc1cnn(C)c1-c1cccc(F)c1. The van der Waals surface area contributed by atoms with Crippen LogP contribution >= 0.6 is 0 Å². The van der Waals surface area contributed by atoms with Crippen LogP contribution in [0.1, 0.15) is 12.5 Å². The van der Waals surface area contributed by atoms with Gasteiger partial charge in [0, 0.05) is 18.7 Å². The van der Waals surface area contributed by atoms with Crippen molar-refractivity contribution in [2.75, 3.05) is 0 Å². The summed E-state index contributed by atoms with van der Waals surface area (Å²) in [6.07, 6.45) is 2.53. The molecule has 0 bridgehead atoms. The highest BCUT2D eigenvalue weighted by molar-refractivity contribution is 5.63. The van der Waals surface area contributed by atoms with Gasteiger partial charge in [0.1, 0.15) is 5.82 Å². The highest BCUT2D eigenvalue weighted by atomic mass is 19.1. The molecule has 0 fully saturated rings. The maximum Gasteiger partial charge on any atom is 0.123 e. The van der Waals surface area contributed by atoms with Crippen molar-refractivity contribution in [2.45, 2.75) is 19.4 Å². The van der Waals surface area contributed by atoms with Gasteiger partial charge in [-0.25, -0.2) is 4.39 Å². The molecule has 2 aromatic rings. The molecule has 0 aliphatic rings. The largest absolute Gasteiger partial charge is 0.328 e. The van der Waals surface area contributed by atoms with Gasteiger partial charge in [-0.1, -0.05) is 12.1 Å². The summed E-state index contributed by atoms with van der Waals surface area (Å²) in [5, 5.41) is 4.21. The van der Waals surface area contributed by atoms with Crippen LogP contribution in [0.5, 0.6) is 0 Å². The number of aryl methyl sites for hydroxylation is 1. The first-order valence-electron chi connectivity index (χ1n) is 5.60. The van der Waals surface area contributed by atoms with E-state index in [1.807, 2.05) is 20.0 Å². The fraction of sp³-hybridized carbons (Fsp3) is 0.308. The Morgan fingerprint density at radius 1 is 1.47 bits per heavy atom. The van der Waals surface area contributed by atoms with Crippen LogP contribution in [0.3, 0.4) is 0 Å². The Balaban J connectivity index is 2.47. The van der Waals surface area contributed by atoms with Gasteiger partial charge >= 0.3 is 0 Å². The van der Waals surface area contributed by atoms with Crippen molar-refractivity contribution in [1.29, 1.82) is 0 Å². The number of halogens is 1. The van der Waals surface area contributed by atoms with E-state index in [0.717, 1.165) is 23.2 Å². The van der Waals surface area contributed by atoms with Crippen LogP contribution in [0.2, 0.25) is 0 Å². The molecule has 0 spiro atoms. The van der Waals surface area contributed by atoms with Gasteiger partial charge in [-0.15, -0.1) is 0 Å². The molecule has 0 saturated heterocycles. The minimum atomic E-state index is -0.240. The Morgan fingerprint density at radius 3 is 2.88 bits per heavy atom. The summed E-state index contributed by atoms with van der Waals surface area (Å²) in [4.78, 5) is 0. The van der Waals surface area contributed by atoms with Crippen molar-refractivity contribution >= 4 is 0 Å². The summed E-state index contributed by atoms with van der Waals surface area (Å²) in [5.41, 5.74) is 8.61. The molecule has 1 atom stereocenters. The van der Waals surface area contributed by atoms with E-state index < -0.39 is 0 Å². The van der Waals surface area contributed by atoms with Crippen molar-refractivity contribution < 1.29 is 4.39 Å². The molecule has 17 heavy (non-hydrogen) atoms. The Hall–Kier alpha value is -1.68. The Bertz CT molecular complexity index is 517. The van der Waals surface area contributed by atoms with E-state index in [0.29, 0.717) is 0 Å². The summed E-state index contributed by atoms with van der Waals surface area (Å²) in [6, 6.07) is 6.59. The first kappa shape index (κ1) is 11.8. The third-order valence-electron chi connectivity index (χ3n) is 2.65. The van der Waals surface area contributed by atoms with Crippen LogP contribution in [0.25, 0.3) is 11.3 Å². The van der Waals surface area contributed by atoms with Gasteiger partial charge in [0.25, 0.3) is 0 Å². The van der Waals surface area contributed by atoms with Gasteiger partial charge in [-0.2, -0.15) is 5.10 Å². The van der Waals surface area contributed by atoms with Crippen LogP contribution in [-0.2, 0) is 13.5 Å². The van der Waals surface area contributed by atoms with Crippen molar-refractivity contribution in [2.24, 2.45) is 12.8 Å². The number of nitrogens with zero attached hydrogens (tertiary/aromatic N) is 2. The zero-order chi connectivity index (χ0) is 12.4. The normalized spacial score (nSPS) is 12.7. The monoisotopic (exact) mass is 233 g/mol. The number of benzene rings is 1. The Kier molecular flexibility index (Phi) is 3.24. The molecular weight excluding hydrogens is 217 g/mol. The minimum Gasteiger partial charge on any atom is -0.328 e. The molecule has 2 N–H and O–H groups in total. The first-order valence-corrected chi connectivity index (χ1v) is 5.60. The first-order chi connectivity index (χ1) is 8.08. The van der Waals surface area contributed by atoms with Gasteiger partial charge in [0.15, 0.2) is 0 Å². The summed E-state index contributed by atoms with van der Waals surface area (Å²) < 4.78 is 15.0. The molecule has 0 radical (unpaired) electrons. The van der Waals surface area contributed by atoms with E-state index in [9.17, 15) is 4.39 Å². The molecule has 3 nitrogen and oxygen atoms in total. The van der Waals surface area contributed by atoms with Crippen LogP contribution < -0.4 is 5.73 Å². The Labute approximate surface area is 100 Å². The van der Waals surface area contributed by atoms with Crippen molar-refractivity contribution in [3.05, 3.63) is 41.8 Å². The number of hydrogen-bond donors (Lipinski definition) is 1. The van der Waals surface area contributed by atoms with Gasteiger partial charge in [-0.05, 0) is 31.0 Å². The lowest BCUT2D eigenvalue weighted by Gasteiger charge is -2.08. The van der Waals surface area contributed by atoms with Crippen LogP contribution in [0, 0.1) is 5.82 Å². The molecular formula is C13H16FN3. The van der Waals surface area contributed by atoms with E-state index >= 15 is 0 Å². The maximum absolute atomic E-state index is 13.2. The van der Waals surface area contributed by atoms with Crippen molar-refractivity contribution in [1.82, 2.24) is 9.78 Å². The molecule has 0 aliphatic heterocycles. The molecule has 0 amide bonds. The van der Waals surface area contributed by atoms with E-state index in [2.05, 4.69) is 5.10 Å². The van der Waals surface area contributed by atoms with Crippen LogP contribution in [-0.4, -0.2) is 15.8 Å². The van der Waals surface area contributed by atoms with E-state index in [4.69, 9.17) is 5.73 Å². The average Bonchev–Trinajstić information content (AvgIpc) is 2.59. The van der Waals surface area contributed by atoms with Gasteiger partial charge in [-0.3, -0.25) is 4.68 Å². The summed E-state index contributed by atoms with van der Waals surface area (Å²) >= 11 is 0. The fourth-order valence-corrected chi connectivity index (χ4v) is 1.99. The molecule has 1 aromatic heterocycles. The van der Waals surface area contributed by atoms with Gasteiger partial charge in [0.2, 0.25) is 0 Å². The summed E-state index contributed by atoms with van der Waals surface area (Å²) in [6.45, 7) is 1.95. The quantitative estimate of drug-likeness (QED) is 0.882. The summed E-state index contributed by atoms with van der Waals surface area (Å²) in [7, 11) is 1.85. The molecule has 4 heteroatoms. The smallest absolute Gasteiger partial charge is 0.123 e. The zero-order valence-electron chi connectivity index (χ0n) is 10.0. The lowest BCUT2D eigenvalue weighted by Crippen LogP contribution is -2.18. The third kappa shape index (κ3) is 2.53. The highest BCUT2D eigenvalue weighted by Gasteiger charge is 2.12. The second-order valence-electron chi connectivity index (χ2n) is 4.33. The second kappa shape index (κ2) is 4.67. The predicted molar refractivity (Wildman–Crippen MR) is 66.0 cm³/mol. The van der Waals surface area contributed by atoms with Crippen molar-refractivity contribution in [3.63, 3.8) is 0 Å². The van der Waals surface area contributed by atoms with Crippen LogP contribution in [0.4, 0.5) is 4.39 Å². The molecule has 0 aliphatic carbocycles. The van der Waals surface area contributed by atoms with E-state index in [-0.39, 0.29) is 11.9 Å². The molecule has 1 aromatic carbocycles. The second-order valence-corrected chi connectivity index (χ2v) is 4.33. The number of aromatic nitrogens is 2. The van der Waals surface area contributed by atoms with E-state index in [1.165, 1.54) is 12.1 Å².